The number of amidine groups is 1. The third-order valence-corrected chi connectivity index (χ3v) is 7.75. The number of nitrogens with one attached hydrogen (secondary N) is 1. The number of anilines is 1. The van der Waals surface area contributed by atoms with E-state index in [2.05, 4.69) is 34.1 Å². The molecule has 2 aromatic rings. The summed E-state index contributed by atoms with van der Waals surface area (Å²) in [6, 6.07) is 10.2. The number of hydrogen-bond donors (Lipinski definition) is 1. The summed E-state index contributed by atoms with van der Waals surface area (Å²) in [5.41, 5.74) is 4.75. The number of hydrogen-bond acceptors (Lipinski definition) is 5. The fourth-order valence-electron chi connectivity index (χ4n) is 5.29. The molecule has 0 radical (unpaired) electrons. The number of hydrazine groups is 1. The van der Waals surface area contributed by atoms with Gasteiger partial charge in [0.25, 0.3) is 5.91 Å². The average Bonchev–Trinajstić information content (AvgIpc) is 3.82. The van der Waals surface area contributed by atoms with Gasteiger partial charge >= 0.3 is 0 Å². The zero-order valence-corrected chi connectivity index (χ0v) is 20.8. The molecule has 1 aromatic heterocycles. The lowest BCUT2D eigenvalue weighted by atomic mass is 9.88. The molecule has 4 aliphatic rings. The number of aromatic nitrogens is 1. The first-order valence-electron chi connectivity index (χ1n) is 12.6. The van der Waals surface area contributed by atoms with E-state index in [1.807, 2.05) is 37.1 Å². The molecule has 2 aliphatic carbocycles. The van der Waals surface area contributed by atoms with E-state index in [1.165, 1.54) is 30.2 Å². The van der Waals surface area contributed by atoms with Crippen LogP contribution in [0, 0.1) is 0 Å². The highest BCUT2D eigenvalue weighted by Gasteiger charge is 2.48. The van der Waals surface area contributed by atoms with E-state index in [1.54, 1.807) is 11.2 Å². The summed E-state index contributed by atoms with van der Waals surface area (Å²) in [6.45, 7) is 8.55. The molecule has 186 valence electrons. The molecular formula is C28H31FN6O. The number of pyridine rings is 1. The molecule has 1 N–H and O–H groups in total. The summed E-state index contributed by atoms with van der Waals surface area (Å²) in [5.74, 6) is 0.350. The van der Waals surface area contributed by atoms with Crippen LogP contribution in [-0.4, -0.2) is 47.7 Å². The van der Waals surface area contributed by atoms with Crippen LogP contribution in [0.25, 0.3) is 0 Å². The highest BCUT2D eigenvalue weighted by molar-refractivity contribution is 6.32. The lowest BCUT2D eigenvalue weighted by Crippen LogP contribution is -2.43. The molecule has 0 unspecified atom stereocenters. The SMILES string of the molecule is C=N/C=C1/C(=O)N(C2CC2)N(c2ccnc(C(C)(C)CF)c2)C1=Nc1ccc2c(c1)CNCC21CC1. The van der Waals surface area contributed by atoms with Crippen molar-refractivity contribution in [1.29, 1.82) is 0 Å². The molecule has 1 saturated heterocycles. The van der Waals surface area contributed by atoms with Crippen LogP contribution in [0.2, 0.25) is 0 Å². The second-order valence-corrected chi connectivity index (χ2v) is 11.0. The van der Waals surface area contributed by atoms with Gasteiger partial charge in [0.15, 0.2) is 5.84 Å². The first-order chi connectivity index (χ1) is 17.4. The summed E-state index contributed by atoms with van der Waals surface area (Å²) in [4.78, 5) is 27.0. The number of benzene rings is 1. The largest absolute Gasteiger partial charge is 0.312 e. The fourth-order valence-corrected chi connectivity index (χ4v) is 5.29. The van der Waals surface area contributed by atoms with E-state index < -0.39 is 12.1 Å². The van der Waals surface area contributed by atoms with Gasteiger partial charge in [0.1, 0.15) is 12.2 Å². The predicted molar refractivity (Wildman–Crippen MR) is 139 cm³/mol. The monoisotopic (exact) mass is 486 g/mol. The van der Waals surface area contributed by atoms with Gasteiger partial charge in [0.05, 0.1) is 23.1 Å². The van der Waals surface area contributed by atoms with E-state index in [0.717, 1.165) is 37.3 Å². The molecule has 6 rings (SSSR count). The van der Waals surface area contributed by atoms with Crippen molar-refractivity contribution in [1.82, 2.24) is 15.3 Å². The fraction of sp³-hybridized carbons (Fsp3) is 0.429. The molecular weight excluding hydrogens is 455 g/mol. The second-order valence-electron chi connectivity index (χ2n) is 11.0. The minimum Gasteiger partial charge on any atom is -0.312 e. The highest BCUT2D eigenvalue weighted by atomic mass is 19.1. The van der Waals surface area contributed by atoms with Gasteiger partial charge in [0, 0.05) is 36.3 Å². The zero-order valence-electron chi connectivity index (χ0n) is 20.8. The van der Waals surface area contributed by atoms with Gasteiger partial charge in [-0.3, -0.25) is 19.2 Å². The van der Waals surface area contributed by atoms with Crippen molar-refractivity contribution >= 4 is 29.8 Å². The Kier molecular flexibility index (Phi) is 5.33. The van der Waals surface area contributed by atoms with Gasteiger partial charge in [-0.2, -0.15) is 0 Å². The molecule has 1 amide bonds. The first kappa shape index (κ1) is 23.0. The summed E-state index contributed by atoms with van der Waals surface area (Å²) in [6.07, 6.45) is 7.44. The number of rotatable bonds is 6. The molecule has 0 atom stereocenters. The summed E-state index contributed by atoms with van der Waals surface area (Å²) < 4.78 is 13.8. The van der Waals surface area contributed by atoms with Crippen LogP contribution >= 0.6 is 0 Å². The van der Waals surface area contributed by atoms with Crippen molar-refractivity contribution in [2.24, 2.45) is 9.98 Å². The summed E-state index contributed by atoms with van der Waals surface area (Å²) >= 11 is 0. The van der Waals surface area contributed by atoms with Crippen LogP contribution in [0.5, 0.6) is 0 Å². The number of carbonyl (C=O) groups excluding carboxylic acids is 1. The van der Waals surface area contributed by atoms with Crippen LogP contribution in [0.3, 0.4) is 0 Å². The van der Waals surface area contributed by atoms with E-state index in [0.29, 0.717) is 17.1 Å². The number of aliphatic imine (C=N–C) groups is 2. The maximum atomic E-state index is 13.8. The number of fused-ring (bicyclic) bond motifs is 2. The molecule has 3 fully saturated rings. The Labute approximate surface area is 210 Å². The van der Waals surface area contributed by atoms with Gasteiger partial charge in [0.2, 0.25) is 0 Å². The third-order valence-electron chi connectivity index (χ3n) is 7.75. The zero-order chi connectivity index (χ0) is 25.1. The van der Waals surface area contributed by atoms with Crippen molar-refractivity contribution in [2.75, 3.05) is 18.2 Å². The minimum absolute atomic E-state index is 0.0895. The second kappa shape index (κ2) is 8.34. The van der Waals surface area contributed by atoms with Crippen LogP contribution in [0.15, 0.2) is 58.3 Å². The highest BCUT2D eigenvalue weighted by Crippen LogP contribution is 2.51. The predicted octanol–water partition coefficient (Wildman–Crippen LogP) is 4.50. The molecule has 2 saturated carbocycles. The van der Waals surface area contributed by atoms with Gasteiger partial charge in [-0.05, 0) is 67.8 Å². The van der Waals surface area contributed by atoms with Gasteiger partial charge in [-0.25, -0.2) is 15.0 Å². The topological polar surface area (TPSA) is 73.2 Å². The number of halogens is 1. The minimum atomic E-state index is -0.743. The Morgan fingerprint density at radius 2 is 2.08 bits per heavy atom. The van der Waals surface area contributed by atoms with Gasteiger partial charge in [-0.1, -0.05) is 19.9 Å². The van der Waals surface area contributed by atoms with Crippen molar-refractivity contribution in [2.45, 2.75) is 62.9 Å². The van der Waals surface area contributed by atoms with Crippen molar-refractivity contribution in [3.63, 3.8) is 0 Å². The Morgan fingerprint density at radius 3 is 2.78 bits per heavy atom. The van der Waals surface area contributed by atoms with E-state index in [9.17, 15) is 9.18 Å². The summed E-state index contributed by atoms with van der Waals surface area (Å²) in [5, 5.41) is 7.17. The third kappa shape index (κ3) is 3.75. The van der Waals surface area contributed by atoms with E-state index >= 15 is 0 Å². The Balaban J connectivity index is 1.48. The lowest BCUT2D eigenvalue weighted by molar-refractivity contribution is -0.125. The molecule has 36 heavy (non-hydrogen) atoms. The number of amides is 1. The van der Waals surface area contributed by atoms with Crippen LogP contribution in [0.1, 0.15) is 56.4 Å². The Bertz CT molecular complexity index is 1310. The van der Waals surface area contributed by atoms with Crippen molar-refractivity contribution in [3.05, 3.63) is 65.1 Å². The molecule has 7 nitrogen and oxygen atoms in total. The number of nitrogens with zero attached hydrogens (tertiary/aromatic N) is 5. The quantitative estimate of drug-likeness (QED) is 0.482. The molecule has 2 aliphatic heterocycles. The molecule has 0 bridgehead atoms. The van der Waals surface area contributed by atoms with Gasteiger partial charge in [-0.15, -0.1) is 0 Å². The molecule has 1 aromatic carbocycles. The van der Waals surface area contributed by atoms with Crippen LogP contribution in [-0.2, 0) is 22.2 Å². The lowest BCUT2D eigenvalue weighted by Gasteiger charge is -2.30. The van der Waals surface area contributed by atoms with E-state index in [-0.39, 0.29) is 17.4 Å². The smallest absolute Gasteiger partial charge is 0.278 e. The number of alkyl halides is 1. The van der Waals surface area contributed by atoms with Crippen LogP contribution in [0.4, 0.5) is 15.8 Å². The molecule has 3 heterocycles. The normalized spacial score (nSPS) is 23.0. The Morgan fingerprint density at radius 1 is 1.28 bits per heavy atom. The van der Waals surface area contributed by atoms with Crippen molar-refractivity contribution in [3.8, 4) is 0 Å². The Hall–Kier alpha value is -3.39. The maximum absolute atomic E-state index is 13.8. The van der Waals surface area contributed by atoms with E-state index in [4.69, 9.17) is 4.99 Å². The molecule has 8 heteroatoms. The standard InChI is InChI=1S/C28H31FN6O/c1-27(2,16-29)24-13-21(8-11-32-24)34-25(22(15-30-3)26(36)35(34)20-5-6-20)33-19-4-7-23-18(12-19)14-31-17-28(23)9-10-28/h4,7-8,11-13,15,20,31H,3,5-6,9-10,14,16-17H2,1-2H3/b22-15+,33-25?. The van der Waals surface area contributed by atoms with Crippen LogP contribution < -0.4 is 10.3 Å². The summed E-state index contributed by atoms with van der Waals surface area (Å²) in [7, 11) is 0. The van der Waals surface area contributed by atoms with Crippen molar-refractivity contribution < 1.29 is 9.18 Å². The first-order valence-corrected chi connectivity index (χ1v) is 12.6. The molecule has 1 spiro atoms. The maximum Gasteiger partial charge on any atom is 0.278 e. The number of carbonyl (C=O) groups is 1. The van der Waals surface area contributed by atoms with Gasteiger partial charge < -0.3 is 5.32 Å². The average molecular weight is 487 g/mol.